The predicted molar refractivity (Wildman–Crippen MR) is 108 cm³/mol. The van der Waals surface area contributed by atoms with Crippen LogP contribution in [0, 0.1) is 0 Å². The largest absolute Gasteiger partial charge is 0.507 e. The van der Waals surface area contributed by atoms with Crippen LogP contribution in [0.2, 0.25) is 0 Å². The molecule has 0 saturated carbocycles. The quantitative estimate of drug-likeness (QED) is 0.258. The monoisotopic (exact) mass is 393 g/mol. The Bertz CT molecular complexity index is 1370. The number of rotatable bonds is 3. The van der Waals surface area contributed by atoms with Crippen LogP contribution in [-0.4, -0.2) is 18.1 Å². The average molecular weight is 393 g/mol. The molecule has 8 heteroatoms. The zero-order valence-electron chi connectivity index (χ0n) is 14.4. The topological polar surface area (TPSA) is 125 Å². The minimum atomic E-state index is -4.41. The van der Waals surface area contributed by atoms with Gasteiger partial charge in [0.2, 0.25) is 0 Å². The highest BCUT2D eigenvalue weighted by molar-refractivity contribution is 7.85. The maximum absolute atomic E-state index is 11.3. The van der Waals surface area contributed by atoms with Gasteiger partial charge in [-0.1, -0.05) is 30.3 Å². The molecule has 0 spiro atoms. The molecule has 0 amide bonds. The Morgan fingerprint density at radius 2 is 1.57 bits per heavy atom. The smallest absolute Gasteiger partial charge is 0.294 e. The third kappa shape index (κ3) is 3.26. The number of aromatic hydroxyl groups is 1. The summed E-state index contributed by atoms with van der Waals surface area (Å²) in [5.74, 6) is -0.278. The molecular weight excluding hydrogens is 378 g/mol. The Kier molecular flexibility index (Phi) is 4.21. The molecule has 0 aromatic heterocycles. The van der Waals surface area contributed by atoms with Gasteiger partial charge in [-0.05, 0) is 35.7 Å². The number of benzene rings is 4. The summed E-state index contributed by atoms with van der Waals surface area (Å²) in [6.45, 7) is 0. The van der Waals surface area contributed by atoms with E-state index >= 15 is 0 Å². The Labute approximate surface area is 160 Å². The fourth-order valence-corrected chi connectivity index (χ4v) is 3.55. The van der Waals surface area contributed by atoms with Crippen LogP contribution in [0.4, 0.5) is 17.1 Å². The predicted octanol–water partition coefficient (Wildman–Crippen LogP) is 4.94. The van der Waals surface area contributed by atoms with Crippen molar-refractivity contribution in [1.82, 2.24) is 0 Å². The third-order valence-electron chi connectivity index (χ3n) is 4.40. The number of nitrogen functional groups attached to an aromatic ring is 1. The van der Waals surface area contributed by atoms with E-state index in [4.69, 9.17) is 10.3 Å². The minimum absolute atomic E-state index is 0.278. The number of fused-ring (bicyclic) bond motifs is 2. The lowest BCUT2D eigenvalue weighted by atomic mass is 10.1. The van der Waals surface area contributed by atoms with Gasteiger partial charge in [0.25, 0.3) is 10.1 Å². The van der Waals surface area contributed by atoms with Gasteiger partial charge in [-0.25, -0.2) is 0 Å². The van der Waals surface area contributed by atoms with Crippen molar-refractivity contribution in [3.05, 3.63) is 66.7 Å². The highest BCUT2D eigenvalue weighted by Gasteiger charge is 2.13. The standard InChI is InChI=1S/C20H15N3O4S/c21-18-7-8-19(16-4-2-1-3-15(16)18)23-22-13-6-5-12-9-14(28(25,26)27)11-20(24)17(12)10-13/h1-11,24H,21H2,(H,25,26,27). The van der Waals surface area contributed by atoms with Crippen LogP contribution < -0.4 is 5.73 Å². The van der Waals surface area contributed by atoms with Crippen LogP contribution >= 0.6 is 0 Å². The molecule has 0 fully saturated rings. The molecule has 0 aliphatic carbocycles. The number of nitrogens with zero attached hydrogens (tertiary/aromatic N) is 2. The SMILES string of the molecule is Nc1ccc(N=Nc2ccc3cc(S(=O)(=O)O)cc(O)c3c2)c2ccccc12. The van der Waals surface area contributed by atoms with Gasteiger partial charge in [-0.3, -0.25) is 4.55 Å². The van der Waals surface area contributed by atoms with Crippen molar-refractivity contribution in [1.29, 1.82) is 0 Å². The first-order valence-electron chi connectivity index (χ1n) is 8.26. The molecule has 0 bridgehead atoms. The van der Waals surface area contributed by atoms with E-state index in [1.165, 1.54) is 6.07 Å². The van der Waals surface area contributed by atoms with E-state index in [1.807, 2.05) is 24.3 Å². The number of anilines is 1. The molecule has 0 atom stereocenters. The summed E-state index contributed by atoms with van der Waals surface area (Å²) >= 11 is 0. The fourth-order valence-electron chi connectivity index (χ4n) is 3.02. The van der Waals surface area contributed by atoms with E-state index in [2.05, 4.69) is 10.2 Å². The first-order chi connectivity index (χ1) is 13.3. The molecule has 0 saturated heterocycles. The molecule has 4 N–H and O–H groups in total. The zero-order chi connectivity index (χ0) is 19.9. The van der Waals surface area contributed by atoms with Crippen LogP contribution in [0.25, 0.3) is 21.5 Å². The summed E-state index contributed by atoms with van der Waals surface area (Å²) in [6.07, 6.45) is 0. The summed E-state index contributed by atoms with van der Waals surface area (Å²) < 4.78 is 31.7. The van der Waals surface area contributed by atoms with Crippen molar-refractivity contribution in [2.75, 3.05) is 5.73 Å². The van der Waals surface area contributed by atoms with Crippen LogP contribution in [-0.2, 0) is 10.1 Å². The maximum Gasteiger partial charge on any atom is 0.294 e. The Morgan fingerprint density at radius 1 is 0.821 bits per heavy atom. The van der Waals surface area contributed by atoms with Crippen molar-refractivity contribution in [3.8, 4) is 5.75 Å². The number of phenolic OH excluding ortho intramolecular Hbond substituents is 1. The molecule has 0 heterocycles. The summed E-state index contributed by atoms with van der Waals surface area (Å²) in [7, 11) is -4.41. The molecule has 140 valence electrons. The summed E-state index contributed by atoms with van der Waals surface area (Å²) in [5.41, 5.74) is 7.77. The van der Waals surface area contributed by atoms with Gasteiger partial charge in [0.15, 0.2) is 0 Å². The van der Waals surface area contributed by atoms with Crippen LogP contribution in [0.3, 0.4) is 0 Å². The Morgan fingerprint density at radius 3 is 2.32 bits per heavy atom. The first-order valence-corrected chi connectivity index (χ1v) is 9.70. The van der Waals surface area contributed by atoms with Gasteiger partial charge in [0.05, 0.1) is 16.3 Å². The number of nitrogens with two attached hydrogens (primary N) is 1. The number of azo groups is 1. The summed E-state index contributed by atoms with van der Waals surface area (Å²) in [4.78, 5) is -0.375. The van der Waals surface area contributed by atoms with Crippen LogP contribution in [0.1, 0.15) is 0 Å². The van der Waals surface area contributed by atoms with Gasteiger partial charge in [-0.15, -0.1) is 5.11 Å². The summed E-state index contributed by atoms with van der Waals surface area (Å²) in [6, 6.07) is 18.2. The van der Waals surface area contributed by atoms with Crippen molar-refractivity contribution < 1.29 is 18.1 Å². The van der Waals surface area contributed by atoms with Gasteiger partial charge >= 0.3 is 0 Å². The second-order valence-corrected chi connectivity index (χ2v) is 7.66. The summed E-state index contributed by atoms with van der Waals surface area (Å²) in [5, 5.41) is 21.2. The van der Waals surface area contributed by atoms with E-state index in [0.29, 0.717) is 27.8 Å². The molecule has 0 unspecified atom stereocenters. The van der Waals surface area contributed by atoms with Gasteiger partial charge < -0.3 is 10.8 Å². The molecule has 0 aliphatic heterocycles. The second-order valence-electron chi connectivity index (χ2n) is 6.24. The maximum atomic E-state index is 11.3. The molecule has 0 radical (unpaired) electrons. The van der Waals surface area contributed by atoms with E-state index in [9.17, 15) is 13.5 Å². The van der Waals surface area contributed by atoms with Gasteiger partial charge in [-0.2, -0.15) is 13.5 Å². The molecule has 4 aromatic rings. The highest BCUT2D eigenvalue weighted by Crippen LogP contribution is 2.34. The normalized spacial score (nSPS) is 12.2. The highest BCUT2D eigenvalue weighted by atomic mass is 32.2. The van der Waals surface area contributed by atoms with E-state index in [0.717, 1.165) is 16.8 Å². The van der Waals surface area contributed by atoms with E-state index in [-0.39, 0.29) is 10.6 Å². The van der Waals surface area contributed by atoms with Gasteiger partial charge in [0, 0.05) is 27.9 Å². The van der Waals surface area contributed by atoms with Gasteiger partial charge in [0.1, 0.15) is 5.75 Å². The number of phenols is 1. The average Bonchev–Trinajstić information content (AvgIpc) is 2.67. The lowest BCUT2D eigenvalue weighted by Crippen LogP contribution is -1.97. The molecule has 4 rings (SSSR count). The molecule has 0 aliphatic rings. The fraction of sp³-hybridized carbons (Fsp3) is 0. The zero-order valence-corrected chi connectivity index (χ0v) is 15.3. The van der Waals surface area contributed by atoms with E-state index < -0.39 is 10.1 Å². The number of hydrogen-bond donors (Lipinski definition) is 3. The minimum Gasteiger partial charge on any atom is -0.507 e. The van der Waals surface area contributed by atoms with Crippen molar-refractivity contribution in [2.24, 2.45) is 10.2 Å². The second kappa shape index (κ2) is 6.59. The lowest BCUT2D eigenvalue weighted by molar-refractivity contribution is 0.471. The van der Waals surface area contributed by atoms with Crippen LogP contribution in [0.15, 0.2) is 81.9 Å². The Hall–Kier alpha value is -3.49. The molecule has 28 heavy (non-hydrogen) atoms. The van der Waals surface area contributed by atoms with Crippen molar-refractivity contribution >= 4 is 48.7 Å². The first kappa shape index (κ1) is 17.9. The molecule has 4 aromatic carbocycles. The van der Waals surface area contributed by atoms with E-state index in [1.54, 1.807) is 30.3 Å². The van der Waals surface area contributed by atoms with Crippen LogP contribution in [0.5, 0.6) is 5.75 Å². The van der Waals surface area contributed by atoms with Crippen molar-refractivity contribution in [3.63, 3.8) is 0 Å². The van der Waals surface area contributed by atoms with Crippen molar-refractivity contribution in [2.45, 2.75) is 4.90 Å². The Balaban J connectivity index is 1.77. The third-order valence-corrected chi connectivity index (χ3v) is 5.23. The molecule has 7 nitrogen and oxygen atoms in total. The number of hydrogen-bond acceptors (Lipinski definition) is 6. The molecular formula is C20H15N3O4S. The lowest BCUT2D eigenvalue weighted by Gasteiger charge is -2.06.